The average molecular weight is 458 g/mol. The van der Waals surface area contributed by atoms with Gasteiger partial charge < -0.3 is 0 Å². The highest BCUT2D eigenvalue weighted by Crippen LogP contribution is 2.30. The Balaban J connectivity index is 1.56. The lowest BCUT2D eigenvalue weighted by molar-refractivity contribution is 0.102. The van der Waals surface area contributed by atoms with Crippen LogP contribution in [-0.2, 0) is 10.0 Å². The second kappa shape index (κ2) is 8.06. The number of amides is 1. The summed E-state index contributed by atoms with van der Waals surface area (Å²) in [6.07, 6.45) is 0. The fourth-order valence-corrected chi connectivity index (χ4v) is 5.20. The Kier molecular flexibility index (Phi) is 5.46. The molecule has 1 aromatic heterocycles. The number of hydrogen-bond donors (Lipinski definition) is 2. The van der Waals surface area contributed by atoms with Crippen LogP contribution in [-0.4, -0.2) is 19.3 Å². The maximum atomic E-state index is 12.6. The lowest BCUT2D eigenvalue weighted by Gasteiger charge is -2.09. The van der Waals surface area contributed by atoms with Crippen molar-refractivity contribution in [2.24, 2.45) is 0 Å². The number of hydrogen-bond acceptors (Lipinski definition) is 5. The molecule has 3 aromatic carbocycles. The van der Waals surface area contributed by atoms with Gasteiger partial charge in [-0.25, -0.2) is 13.4 Å². The molecule has 0 saturated carbocycles. The molecule has 0 aliphatic rings. The summed E-state index contributed by atoms with van der Waals surface area (Å²) in [5, 5.41) is 3.35. The Labute approximate surface area is 182 Å². The maximum Gasteiger partial charge on any atom is 0.263 e. The molecule has 6 nitrogen and oxygen atoms in total. The van der Waals surface area contributed by atoms with E-state index < -0.39 is 10.0 Å². The second-order valence-corrected chi connectivity index (χ2v) is 9.65. The smallest absolute Gasteiger partial charge is 0.263 e. The van der Waals surface area contributed by atoms with E-state index in [0.717, 1.165) is 10.3 Å². The quantitative estimate of drug-likeness (QED) is 0.425. The molecule has 0 unspecified atom stereocenters. The van der Waals surface area contributed by atoms with Crippen molar-refractivity contribution < 1.29 is 13.2 Å². The summed E-state index contributed by atoms with van der Waals surface area (Å²) in [4.78, 5) is 16.8. The molecule has 0 bridgehead atoms. The summed E-state index contributed by atoms with van der Waals surface area (Å²) in [7, 11) is -3.84. The van der Waals surface area contributed by atoms with Crippen LogP contribution >= 0.6 is 22.9 Å². The van der Waals surface area contributed by atoms with Crippen molar-refractivity contribution in [2.45, 2.75) is 11.8 Å². The van der Waals surface area contributed by atoms with Crippen LogP contribution in [0.15, 0.2) is 71.6 Å². The highest BCUT2D eigenvalue weighted by Gasteiger charge is 2.18. The van der Waals surface area contributed by atoms with Crippen molar-refractivity contribution in [3.8, 4) is 0 Å². The van der Waals surface area contributed by atoms with Crippen LogP contribution in [0, 0.1) is 6.92 Å². The first-order valence-electron chi connectivity index (χ1n) is 8.88. The number of sulfonamides is 1. The van der Waals surface area contributed by atoms with Crippen LogP contribution in [0.25, 0.3) is 10.2 Å². The Morgan fingerprint density at radius 2 is 1.77 bits per heavy atom. The van der Waals surface area contributed by atoms with E-state index in [1.54, 1.807) is 42.5 Å². The minimum atomic E-state index is -3.84. The Morgan fingerprint density at radius 1 is 1.03 bits per heavy atom. The molecular formula is C21H16ClN3O3S2. The SMILES string of the molecule is Cc1ccc(C(=O)Nc2nc3cc(NS(=O)(=O)c4ccccc4Cl)ccc3s2)cc1. The summed E-state index contributed by atoms with van der Waals surface area (Å²) in [6.45, 7) is 1.95. The van der Waals surface area contributed by atoms with E-state index >= 15 is 0 Å². The number of nitrogens with one attached hydrogen (secondary N) is 2. The molecule has 0 aliphatic heterocycles. The number of nitrogens with zero attached hydrogens (tertiary/aromatic N) is 1. The number of carbonyl (C=O) groups is 1. The van der Waals surface area contributed by atoms with Gasteiger partial charge in [0.05, 0.1) is 20.9 Å². The highest BCUT2D eigenvalue weighted by molar-refractivity contribution is 7.92. The van der Waals surface area contributed by atoms with E-state index in [1.165, 1.54) is 23.5 Å². The van der Waals surface area contributed by atoms with E-state index in [1.807, 2.05) is 19.1 Å². The molecule has 0 atom stereocenters. The normalized spacial score (nSPS) is 11.4. The van der Waals surface area contributed by atoms with Gasteiger partial charge in [-0.1, -0.05) is 52.8 Å². The van der Waals surface area contributed by atoms with E-state index in [4.69, 9.17) is 11.6 Å². The average Bonchev–Trinajstić information content (AvgIpc) is 3.09. The third-order valence-corrected chi connectivity index (χ3v) is 7.13. The van der Waals surface area contributed by atoms with Crippen LogP contribution in [0.3, 0.4) is 0 Å². The number of aromatic nitrogens is 1. The summed E-state index contributed by atoms with van der Waals surface area (Å²) < 4.78 is 28.6. The van der Waals surface area contributed by atoms with Crippen molar-refractivity contribution >= 4 is 59.9 Å². The van der Waals surface area contributed by atoms with Gasteiger partial charge in [-0.15, -0.1) is 0 Å². The van der Waals surface area contributed by atoms with Gasteiger partial charge in [0, 0.05) is 5.56 Å². The zero-order chi connectivity index (χ0) is 21.3. The van der Waals surface area contributed by atoms with Gasteiger partial charge in [0.15, 0.2) is 5.13 Å². The zero-order valence-electron chi connectivity index (χ0n) is 15.7. The lowest BCUT2D eigenvalue weighted by atomic mass is 10.1. The molecule has 152 valence electrons. The summed E-state index contributed by atoms with van der Waals surface area (Å²) in [6, 6.07) is 18.4. The number of thiazole rings is 1. The molecular weight excluding hydrogens is 442 g/mol. The summed E-state index contributed by atoms with van der Waals surface area (Å²) in [5.41, 5.74) is 2.52. The molecule has 0 aliphatic carbocycles. The highest BCUT2D eigenvalue weighted by atomic mass is 35.5. The first-order chi connectivity index (χ1) is 14.3. The van der Waals surface area contributed by atoms with Gasteiger partial charge >= 0.3 is 0 Å². The zero-order valence-corrected chi connectivity index (χ0v) is 18.1. The standard InChI is InChI=1S/C21H16ClN3O3S2/c1-13-6-8-14(9-7-13)20(26)24-21-23-17-12-15(10-11-18(17)29-21)25-30(27,28)19-5-3-2-4-16(19)22/h2-12,25H,1H3,(H,23,24,26). The van der Waals surface area contributed by atoms with E-state index in [2.05, 4.69) is 15.0 Å². The minimum Gasteiger partial charge on any atom is -0.298 e. The van der Waals surface area contributed by atoms with Crippen LogP contribution in [0.1, 0.15) is 15.9 Å². The molecule has 30 heavy (non-hydrogen) atoms. The van der Waals surface area contributed by atoms with E-state index in [9.17, 15) is 13.2 Å². The summed E-state index contributed by atoms with van der Waals surface area (Å²) >= 11 is 7.32. The molecule has 0 spiro atoms. The molecule has 0 fully saturated rings. The Morgan fingerprint density at radius 3 is 2.50 bits per heavy atom. The third kappa shape index (κ3) is 4.30. The van der Waals surface area contributed by atoms with Crippen molar-refractivity contribution in [1.29, 1.82) is 0 Å². The molecule has 1 heterocycles. The van der Waals surface area contributed by atoms with Gasteiger partial charge in [0.25, 0.3) is 15.9 Å². The molecule has 4 rings (SSSR count). The topological polar surface area (TPSA) is 88.2 Å². The van der Waals surface area contributed by atoms with Crippen molar-refractivity contribution in [3.05, 3.63) is 82.9 Å². The first-order valence-corrected chi connectivity index (χ1v) is 11.6. The van der Waals surface area contributed by atoms with Crippen LogP contribution in [0.4, 0.5) is 10.8 Å². The fraction of sp³-hybridized carbons (Fsp3) is 0.0476. The number of anilines is 2. The van der Waals surface area contributed by atoms with Gasteiger partial charge in [-0.3, -0.25) is 14.8 Å². The second-order valence-electron chi connectivity index (χ2n) is 6.56. The predicted octanol–water partition coefficient (Wildman–Crippen LogP) is 5.31. The number of carbonyl (C=O) groups excluding carboxylic acids is 1. The van der Waals surface area contributed by atoms with Gasteiger partial charge in [-0.2, -0.15) is 0 Å². The molecule has 9 heteroatoms. The number of rotatable bonds is 5. The van der Waals surface area contributed by atoms with Crippen molar-refractivity contribution in [1.82, 2.24) is 4.98 Å². The van der Waals surface area contributed by atoms with Crippen molar-refractivity contribution in [3.63, 3.8) is 0 Å². The Hall–Kier alpha value is -2.94. The third-order valence-electron chi connectivity index (χ3n) is 4.30. The van der Waals surface area contributed by atoms with Gasteiger partial charge in [-0.05, 0) is 49.4 Å². The van der Waals surface area contributed by atoms with Crippen LogP contribution in [0.2, 0.25) is 5.02 Å². The van der Waals surface area contributed by atoms with Crippen molar-refractivity contribution in [2.75, 3.05) is 10.0 Å². The fourth-order valence-electron chi connectivity index (χ4n) is 2.79. The predicted molar refractivity (Wildman–Crippen MR) is 121 cm³/mol. The van der Waals surface area contributed by atoms with Gasteiger partial charge in [0.1, 0.15) is 4.90 Å². The molecule has 0 saturated heterocycles. The molecule has 2 N–H and O–H groups in total. The lowest BCUT2D eigenvalue weighted by Crippen LogP contribution is -2.13. The molecule has 4 aromatic rings. The van der Waals surface area contributed by atoms with E-state index in [0.29, 0.717) is 21.9 Å². The number of benzene rings is 3. The van der Waals surface area contributed by atoms with Gasteiger partial charge in [0.2, 0.25) is 0 Å². The molecule has 1 amide bonds. The van der Waals surface area contributed by atoms with Crippen LogP contribution in [0.5, 0.6) is 0 Å². The number of halogens is 1. The maximum absolute atomic E-state index is 12.6. The first kappa shape index (κ1) is 20.3. The number of fused-ring (bicyclic) bond motifs is 1. The minimum absolute atomic E-state index is 0.00362. The monoisotopic (exact) mass is 457 g/mol. The molecule has 0 radical (unpaired) electrons. The Bertz CT molecular complexity index is 1350. The largest absolute Gasteiger partial charge is 0.298 e. The summed E-state index contributed by atoms with van der Waals surface area (Å²) in [5.74, 6) is -0.256. The van der Waals surface area contributed by atoms with Crippen LogP contribution < -0.4 is 10.0 Å². The van der Waals surface area contributed by atoms with E-state index in [-0.39, 0.29) is 15.8 Å². The number of aryl methyl sites for hydroxylation is 1.